The van der Waals surface area contributed by atoms with Crippen molar-refractivity contribution in [2.24, 2.45) is 17.8 Å². The van der Waals surface area contributed by atoms with E-state index in [9.17, 15) is 4.79 Å². The predicted octanol–water partition coefficient (Wildman–Crippen LogP) is 2.32. The molecule has 1 aromatic carbocycles. The Morgan fingerprint density at radius 3 is 2.80 bits per heavy atom. The van der Waals surface area contributed by atoms with E-state index in [1.165, 1.54) is 19.3 Å². The first-order valence-electron chi connectivity index (χ1n) is 7.21. The quantitative estimate of drug-likeness (QED) is 0.810. The number of benzene rings is 1. The van der Waals surface area contributed by atoms with Gasteiger partial charge in [-0.2, -0.15) is 0 Å². The molecule has 1 amide bonds. The van der Waals surface area contributed by atoms with Crippen LogP contribution in [0, 0.1) is 36.5 Å². The molecule has 2 N–H and O–H groups in total. The fourth-order valence-corrected chi connectivity index (χ4v) is 3.51. The van der Waals surface area contributed by atoms with Crippen LogP contribution in [-0.4, -0.2) is 17.6 Å². The Morgan fingerprint density at radius 2 is 2.10 bits per heavy atom. The summed E-state index contributed by atoms with van der Waals surface area (Å²) in [6, 6.07) is 5.77. The highest BCUT2D eigenvalue weighted by molar-refractivity contribution is 5.95. The van der Waals surface area contributed by atoms with E-state index in [1.807, 2.05) is 25.1 Å². The van der Waals surface area contributed by atoms with Crippen LogP contribution in [0.15, 0.2) is 18.2 Å². The summed E-state index contributed by atoms with van der Waals surface area (Å²) in [5.41, 5.74) is 2.69. The van der Waals surface area contributed by atoms with Crippen molar-refractivity contribution in [1.82, 2.24) is 0 Å². The minimum atomic E-state index is -0.152. The molecule has 104 valence electrons. The largest absolute Gasteiger partial charge is 0.384 e. The maximum atomic E-state index is 12.2. The molecule has 20 heavy (non-hydrogen) atoms. The average molecular weight is 269 g/mol. The van der Waals surface area contributed by atoms with Crippen molar-refractivity contribution < 1.29 is 9.90 Å². The fourth-order valence-electron chi connectivity index (χ4n) is 3.51. The molecule has 0 aromatic heterocycles. The Kier molecular flexibility index (Phi) is 3.50. The second-order valence-electron chi connectivity index (χ2n) is 5.82. The van der Waals surface area contributed by atoms with Gasteiger partial charge in [-0.25, -0.2) is 0 Å². The highest BCUT2D eigenvalue weighted by atomic mass is 16.2. The summed E-state index contributed by atoms with van der Waals surface area (Å²) in [5.74, 6) is 7.17. The summed E-state index contributed by atoms with van der Waals surface area (Å²) >= 11 is 0. The van der Waals surface area contributed by atoms with E-state index in [-0.39, 0.29) is 18.4 Å². The third kappa shape index (κ3) is 2.57. The molecule has 0 radical (unpaired) electrons. The second-order valence-corrected chi connectivity index (χ2v) is 5.82. The van der Waals surface area contributed by atoms with Crippen molar-refractivity contribution in [2.75, 3.05) is 11.9 Å². The van der Waals surface area contributed by atoms with E-state index in [2.05, 4.69) is 17.2 Å². The van der Waals surface area contributed by atoms with Crippen molar-refractivity contribution in [1.29, 1.82) is 0 Å². The maximum Gasteiger partial charge on any atom is 0.228 e. The van der Waals surface area contributed by atoms with Gasteiger partial charge < -0.3 is 10.4 Å². The lowest BCUT2D eigenvalue weighted by molar-refractivity contribution is -0.118. The molecule has 2 unspecified atom stereocenters. The second kappa shape index (κ2) is 5.30. The van der Waals surface area contributed by atoms with E-state index in [0.29, 0.717) is 11.8 Å². The third-order valence-electron chi connectivity index (χ3n) is 4.37. The smallest absolute Gasteiger partial charge is 0.228 e. The molecule has 0 aliphatic heterocycles. The van der Waals surface area contributed by atoms with Crippen LogP contribution >= 0.6 is 0 Å². The van der Waals surface area contributed by atoms with Crippen molar-refractivity contribution in [3.05, 3.63) is 29.3 Å². The van der Waals surface area contributed by atoms with Gasteiger partial charge in [0, 0.05) is 17.2 Å². The van der Waals surface area contributed by atoms with Gasteiger partial charge in [-0.3, -0.25) is 4.79 Å². The van der Waals surface area contributed by atoms with Gasteiger partial charge in [0.1, 0.15) is 6.61 Å². The Balaban J connectivity index is 1.70. The molecule has 0 bridgehead atoms. The van der Waals surface area contributed by atoms with Gasteiger partial charge >= 0.3 is 0 Å². The lowest BCUT2D eigenvalue weighted by Gasteiger charge is -2.08. The van der Waals surface area contributed by atoms with Crippen molar-refractivity contribution >= 4 is 11.6 Å². The van der Waals surface area contributed by atoms with E-state index in [4.69, 9.17) is 5.11 Å². The first-order chi connectivity index (χ1) is 9.69. The SMILES string of the molecule is Cc1cc(C#CCO)cc(NC(=O)C2C3CCCC32)c1. The molecule has 2 aliphatic rings. The normalized spacial score (nSPS) is 26.4. The molecule has 3 heteroatoms. The van der Waals surface area contributed by atoms with Crippen LogP contribution in [0.2, 0.25) is 0 Å². The monoisotopic (exact) mass is 269 g/mol. The van der Waals surface area contributed by atoms with Crippen LogP contribution in [-0.2, 0) is 4.79 Å². The third-order valence-corrected chi connectivity index (χ3v) is 4.37. The molecule has 2 fully saturated rings. The number of carbonyl (C=O) groups is 1. The zero-order valence-corrected chi connectivity index (χ0v) is 11.6. The van der Waals surface area contributed by atoms with Gasteiger partial charge in [0.15, 0.2) is 0 Å². The summed E-state index contributed by atoms with van der Waals surface area (Å²) < 4.78 is 0. The lowest BCUT2D eigenvalue weighted by atomic mass is 10.1. The number of hydrogen-bond donors (Lipinski definition) is 2. The number of aliphatic hydroxyl groups is 1. The van der Waals surface area contributed by atoms with Gasteiger partial charge in [0.2, 0.25) is 5.91 Å². The fraction of sp³-hybridized carbons (Fsp3) is 0.471. The van der Waals surface area contributed by atoms with Gasteiger partial charge in [0.05, 0.1) is 0 Å². The molecule has 0 heterocycles. The molecule has 0 saturated heterocycles. The van der Waals surface area contributed by atoms with Crippen LogP contribution in [0.3, 0.4) is 0 Å². The highest BCUT2D eigenvalue weighted by Crippen LogP contribution is 2.57. The molecule has 3 nitrogen and oxygen atoms in total. The van der Waals surface area contributed by atoms with Gasteiger partial charge in [-0.05, 0) is 55.4 Å². The molecule has 2 atom stereocenters. The number of carbonyl (C=O) groups excluding carboxylic acids is 1. The van der Waals surface area contributed by atoms with Crippen LogP contribution in [0.5, 0.6) is 0 Å². The Labute approximate surface area is 119 Å². The first-order valence-corrected chi connectivity index (χ1v) is 7.21. The summed E-state index contributed by atoms with van der Waals surface area (Å²) in [6.45, 7) is 1.83. The lowest BCUT2D eigenvalue weighted by Crippen LogP contribution is -2.16. The van der Waals surface area contributed by atoms with Gasteiger partial charge in [0.25, 0.3) is 0 Å². The average Bonchev–Trinajstić information content (AvgIpc) is 2.90. The Bertz CT molecular complexity index is 587. The van der Waals surface area contributed by atoms with E-state index in [1.54, 1.807) is 0 Å². The number of amides is 1. The zero-order chi connectivity index (χ0) is 14.1. The Hall–Kier alpha value is -1.79. The van der Waals surface area contributed by atoms with Crippen LogP contribution < -0.4 is 5.32 Å². The number of fused-ring (bicyclic) bond motifs is 1. The topological polar surface area (TPSA) is 49.3 Å². The molecular weight excluding hydrogens is 250 g/mol. The van der Waals surface area contributed by atoms with Gasteiger partial charge in [-0.1, -0.05) is 18.3 Å². The first kappa shape index (κ1) is 13.2. The number of anilines is 1. The maximum absolute atomic E-state index is 12.2. The van der Waals surface area contributed by atoms with Crippen LogP contribution in [0.1, 0.15) is 30.4 Å². The number of rotatable bonds is 2. The van der Waals surface area contributed by atoms with E-state index < -0.39 is 0 Å². The summed E-state index contributed by atoms with van der Waals surface area (Å²) in [7, 11) is 0. The molecule has 0 spiro atoms. The molecule has 2 aliphatic carbocycles. The molecule has 1 aromatic rings. The molecular formula is C17H19NO2. The predicted molar refractivity (Wildman–Crippen MR) is 78.1 cm³/mol. The Morgan fingerprint density at radius 1 is 1.35 bits per heavy atom. The van der Waals surface area contributed by atoms with Crippen molar-refractivity contribution in [3.63, 3.8) is 0 Å². The van der Waals surface area contributed by atoms with Gasteiger partial charge in [-0.15, -0.1) is 0 Å². The van der Waals surface area contributed by atoms with E-state index >= 15 is 0 Å². The summed E-state index contributed by atoms with van der Waals surface area (Å²) in [5, 5.41) is 11.8. The zero-order valence-electron chi connectivity index (χ0n) is 11.6. The molecule has 2 saturated carbocycles. The minimum absolute atomic E-state index is 0.152. The summed E-state index contributed by atoms with van der Waals surface area (Å²) in [6.07, 6.45) is 3.71. The standard InChI is InChI=1S/C17H19NO2/c1-11-8-12(4-3-7-19)10-13(9-11)18-17(20)16-14-5-2-6-15(14)16/h8-10,14-16,19H,2,5-7H2,1H3,(H,18,20). The number of aryl methyl sites for hydroxylation is 1. The van der Waals surface area contributed by atoms with Crippen LogP contribution in [0.4, 0.5) is 5.69 Å². The number of nitrogens with one attached hydrogen (secondary N) is 1. The number of aliphatic hydroxyl groups excluding tert-OH is 1. The molecule has 3 rings (SSSR count). The summed E-state index contributed by atoms with van der Waals surface area (Å²) in [4.78, 5) is 12.2. The highest BCUT2D eigenvalue weighted by Gasteiger charge is 2.56. The van der Waals surface area contributed by atoms with Crippen molar-refractivity contribution in [3.8, 4) is 11.8 Å². The van der Waals surface area contributed by atoms with E-state index in [0.717, 1.165) is 16.8 Å². The number of hydrogen-bond acceptors (Lipinski definition) is 2. The van der Waals surface area contributed by atoms with Crippen LogP contribution in [0.25, 0.3) is 0 Å². The minimum Gasteiger partial charge on any atom is -0.384 e. The van der Waals surface area contributed by atoms with Crippen molar-refractivity contribution in [2.45, 2.75) is 26.2 Å².